The second-order valence-electron chi connectivity index (χ2n) is 9.85. The molecule has 5 nitrogen and oxygen atoms in total. The summed E-state index contributed by atoms with van der Waals surface area (Å²) in [5, 5.41) is 2.85. The topological polar surface area (TPSA) is 71.2 Å². The summed E-state index contributed by atoms with van der Waals surface area (Å²) >= 11 is 0. The minimum Gasteiger partial charge on any atom is -0.383 e. The predicted octanol–water partition coefficient (Wildman–Crippen LogP) is 4.32. The number of hydrogen-bond donors (Lipinski definition) is 2. The highest BCUT2D eigenvalue weighted by Gasteiger charge is 2.52. The van der Waals surface area contributed by atoms with E-state index in [9.17, 15) is 9.18 Å². The molecule has 2 aliphatic heterocycles. The number of nitrogen functional groups attached to an aromatic ring is 1. The molecule has 3 N–H and O–H groups in total. The molecule has 3 heterocycles. The van der Waals surface area contributed by atoms with Crippen LogP contribution in [0, 0.1) is 5.95 Å². The summed E-state index contributed by atoms with van der Waals surface area (Å²) < 4.78 is 14.9. The zero-order valence-corrected chi connectivity index (χ0v) is 19.4. The van der Waals surface area contributed by atoms with Gasteiger partial charge in [-0.3, -0.25) is 9.69 Å². The van der Waals surface area contributed by atoms with Crippen molar-refractivity contribution in [3.05, 3.63) is 82.8 Å². The second kappa shape index (κ2) is 7.50. The highest BCUT2D eigenvalue weighted by Crippen LogP contribution is 2.52. The van der Waals surface area contributed by atoms with Gasteiger partial charge in [-0.2, -0.15) is 4.39 Å². The van der Waals surface area contributed by atoms with E-state index in [0.29, 0.717) is 29.3 Å². The molecule has 1 fully saturated rings. The third kappa shape index (κ3) is 3.24. The number of halogens is 1. The summed E-state index contributed by atoms with van der Waals surface area (Å²) in [4.78, 5) is 18.6. The minimum atomic E-state index is -0.582. The van der Waals surface area contributed by atoms with E-state index in [2.05, 4.69) is 47.3 Å². The molecule has 2 aromatic carbocycles. The maximum atomic E-state index is 14.9. The van der Waals surface area contributed by atoms with E-state index in [0.717, 1.165) is 36.2 Å². The summed E-state index contributed by atoms with van der Waals surface area (Å²) in [5.41, 5.74) is 13.3. The van der Waals surface area contributed by atoms with Crippen LogP contribution < -0.4 is 11.1 Å². The van der Waals surface area contributed by atoms with Crippen LogP contribution in [-0.4, -0.2) is 41.5 Å². The van der Waals surface area contributed by atoms with Gasteiger partial charge in [0, 0.05) is 47.8 Å². The van der Waals surface area contributed by atoms with Crippen LogP contribution in [0.25, 0.3) is 22.3 Å². The molecule has 3 aliphatic rings. The third-order valence-corrected chi connectivity index (χ3v) is 7.52. The van der Waals surface area contributed by atoms with Crippen LogP contribution in [0.4, 0.5) is 10.2 Å². The van der Waals surface area contributed by atoms with Gasteiger partial charge in [-0.25, -0.2) is 4.98 Å². The van der Waals surface area contributed by atoms with Crippen LogP contribution in [0.1, 0.15) is 35.3 Å². The van der Waals surface area contributed by atoms with Crippen molar-refractivity contribution in [1.29, 1.82) is 0 Å². The van der Waals surface area contributed by atoms with Crippen molar-refractivity contribution >= 4 is 11.7 Å². The Kier molecular flexibility index (Phi) is 4.64. The number of amides is 1. The fourth-order valence-corrected chi connectivity index (χ4v) is 5.40. The third-order valence-electron chi connectivity index (χ3n) is 7.52. The van der Waals surface area contributed by atoms with E-state index < -0.39 is 5.95 Å². The molecule has 3 aromatic rings. The molecule has 0 saturated carbocycles. The Morgan fingerprint density at radius 3 is 2.56 bits per heavy atom. The lowest BCUT2D eigenvalue weighted by molar-refractivity contribution is 0.0946. The second-order valence-corrected chi connectivity index (χ2v) is 9.85. The Morgan fingerprint density at radius 1 is 1.06 bits per heavy atom. The van der Waals surface area contributed by atoms with Gasteiger partial charge in [0.05, 0.1) is 0 Å². The van der Waals surface area contributed by atoms with Crippen LogP contribution in [0.5, 0.6) is 0 Å². The summed E-state index contributed by atoms with van der Waals surface area (Å²) in [6.45, 7) is 7.11. The van der Waals surface area contributed by atoms with Gasteiger partial charge < -0.3 is 11.1 Å². The monoisotopic (exact) mass is 454 g/mol. The summed E-state index contributed by atoms with van der Waals surface area (Å²) in [7, 11) is 0. The predicted molar refractivity (Wildman–Crippen MR) is 132 cm³/mol. The first-order valence-corrected chi connectivity index (χ1v) is 11.8. The number of carbonyl (C=O) groups excluding carboxylic acids is 1. The molecule has 0 unspecified atom stereocenters. The van der Waals surface area contributed by atoms with Crippen LogP contribution in [0.3, 0.4) is 0 Å². The van der Waals surface area contributed by atoms with Gasteiger partial charge in [-0.15, -0.1) is 0 Å². The quantitative estimate of drug-likeness (QED) is 0.455. The van der Waals surface area contributed by atoms with Gasteiger partial charge >= 0.3 is 0 Å². The highest BCUT2D eigenvalue weighted by atomic mass is 19.1. The Hall–Kier alpha value is -3.51. The molecule has 1 amide bonds. The standard InChI is InChI=1S/C28H27FN4O/c1-16(2)33-14-21-13-28(21,15-33)20-6-3-17(4-7-20)23-12-24(26(30)32-25(23)29)18-5-8-22-19(11-18)9-10-31-27(22)34/h3-8,11-13,16H,9-10,14-15H2,1-2H3,(H2,30,32)(H,31,34)/t28-/m1/s1. The number of nitrogens with one attached hydrogen (secondary N) is 1. The van der Waals surface area contributed by atoms with E-state index >= 15 is 0 Å². The lowest BCUT2D eigenvalue weighted by Crippen LogP contribution is -2.32. The molecule has 6 heteroatoms. The number of fused-ring (bicyclic) bond motifs is 2. The maximum absolute atomic E-state index is 14.9. The Bertz CT molecular complexity index is 1360. The van der Waals surface area contributed by atoms with Gasteiger partial charge in [0.25, 0.3) is 5.91 Å². The Balaban J connectivity index is 1.33. The SMILES string of the molecule is CC(C)N1CC2=C[C@]2(c2ccc(-c3cc(-c4ccc5c(c4)CCNC5=O)c(N)nc3F)cc2)C1. The lowest BCUT2D eigenvalue weighted by Gasteiger charge is -2.23. The molecule has 1 atom stereocenters. The summed E-state index contributed by atoms with van der Waals surface area (Å²) in [6, 6.07) is 16.1. The first kappa shape index (κ1) is 21.1. The Morgan fingerprint density at radius 2 is 1.82 bits per heavy atom. The van der Waals surface area contributed by atoms with Gasteiger partial charge in [0.2, 0.25) is 5.95 Å². The van der Waals surface area contributed by atoms with Gasteiger partial charge in [0.15, 0.2) is 0 Å². The minimum absolute atomic E-state index is 0.0568. The van der Waals surface area contributed by atoms with E-state index in [-0.39, 0.29) is 17.1 Å². The first-order valence-electron chi connectivity index (χ1n) is 11.8. The smallest absolute Gasteiger partial charge is 0.251 e. The number of carbonyl (C=O) groups is 1. The molecular formula is C28H27FN4O. The molecule has 1 aromatic heterocycles. The van der Waals surface area contributed by atoms with Crippen molar-refractivity contribution in [1.82, 2.24) is 15.2 Å². The number of rotatable bonds is 4. The Labute approximate surface area is 198 Å². The molecule has 1 aliphatic carbocycles. The molecule has 0 spiro atoms. The van der Waals surface area contributed by atoms with Crippen molar-refractivity contribution in [2.45, 2.75) is 31.7 Å². The summed E-state index contributed by atoms with van der Waals surface area (Å²) in [5.74, 6) is -0.504. The van der Waals surface area contributed by atoms with Crippen LogP contribution in [-0.2, 0) is 11.8 Å². The average Bonchev–Trinajstić information content (AvgIpc) is 3.39. The largest absolute Gasteiger partial charge is 0.383 e. The van der Waals surface area contributed by atoms with E-state index in [1.807, 2.05) is 24.3 Å². The number of aromatic nitrogens is 1. The van der Waals surface area contributed by atoms with E-state index in [4.69, 9.17) is 5.73 Å². The number of hydrogen-bond acceptors (Lipinski definition) is 4. The zero-order chi connectivity index (χ0) is 23.6. The first-order chi connectivity index (χ1) is 16.4. The van der Waals surface area contributed by atoms with Crippen LogP contribution >= 0.6 is 0 Å². The molecule has 34 heavy (non-hydrogen) atoms. The van der Waals surface area contributed by atoms with E-state index in [1.165, 1.54) is 11.1 Å². The lowest BCUT2D eigenvalue weighted by atomic mass is 9.90. The number of benzene rings is 2. The number of likely N-dealkylation sites (tertiary alicyclic amines) is 1. The molecular weight excluding hydrogens is 427 g/mol. The number of nitrogens with zero attached hydrogens (tertiary/aromatic N) is 2. The maximum Gasteiger partial charge on any atom is 0.251 e. The van der Waals surface area contributed by atoms with Crippen molar-refractivity contribution in [3.8, 4) is 22.3 Å². The molecule has 0 radical (unpaired) electrons. The number of pyridine rings is 1. The average molecular weight is 455 g/mol. The number of anilines is 1. The van der Waals surface area contributed by atoms with Crippen molar-refractivity contribution in [3.63, 3.8) is 0 Å². The van der Waals surface area contributed by atoms with Crippen molar-refractivity contribution in [2.75, 3.05) is 25.4 Å². The fraction of sp³-hybridized carbons (Fsp3) is 0.286. The van der Waals surface area contributed by atoms with Gasteiger partial charge in [-0.1, -0.05) is 42.5 Å². The molecule has 6 rings (SSSR count). The molecule has 1 saturated heterocycles. The normalized spacial score (nSPS) is 21.2. The van der Waals surface area contributed by atoms with Gasteiger partial charge in [0.1, 0.15) is 5.82 Å². The number of nitrogens with two attached hydrogens (primary N) is 1. The van der Waals surface area contributed by atoms with Crippen LogP contribution in [0.2, 0.25) is 0 Å². The van der Waals surface area contributed by atoms with Crippen molar-refractivity contribution < 1.29 is 9.18 Å². The van der Waals surface area contributed by atoms with Gasteiger partial charge in [-0.05, 0) is 60.2 Å². The fourth-order valence-electron chi connectivity index (χ4n) is 5.40. The van der Waals surface area contributed by atoms with E-state index in [1.54, 1.807) is 12.1 Å². The molecule has 172 valence electrons. The molecule has 0 bridgehead atoms. The summed E-state index contributed by atoms with van der Waals surface area (Å²) in [6.07, 6.45) is 3.12. The highest BCUT2D eigenvalue weighted by molar-refractivity contribution is 5.97. The van der Waals surface area contributed by atoms with Crippen molar-refractivity contribution in [2.24, 2.45) is 0 Å². The zero-order valence-electron chi connectivity index (χ0n) is 19.4. The van der Waals surface area contributed by atoms with Crippen LogP contribution in [0.15, 0.2) is 60.2 Å².